The SMILES string of the molecule is NC1(c2noc(C3CSCN3C(=O)c3ccc(Cl)cc3)n2)CCCC1. The van der Waals surface area contributed by atoms with Gasteiger partial charge in [0, 0.05) is 16.3 Å². The second kappa shape index (κ2) is 6.63. The maximum Gasteiger partial charge on any atom is 0.255 e. The quantitative estimate of drug-likeness (QED) is 0.881. The molecule has 2 N–H and O–H groups in total. The molecule has 0 radical (unpaired) electrons. The number of halogens is 1. The number of hydrogen-bond donors (Lipinski definition) is 1. The molecule has 1 aromatic carbocycles. The van der Waals surface area contributed by atoms with Crippen molar-refractivity contribution >= 4 is 29.3 Å². The molecule has 0 spiro atoms. The van der Waals surface area contributed by atoms with E-state index >= 15 is 0 Å². The van der Waals surface area contributed by atoms with E-state index in [0.29, 0.717) is 28.2 Å². The van der Waals surface area contributed by atoms with E-state index in [0.717, 1.165) is 31.4 Å². The summed E-state index contributed by atoms with van der Waals surface area (Å²) in [6.45, 7) is 0. The second-order valence-corrected chi connectivity index (χ2v) is 8.05. The largest absolute Gasteiger partial charge is 0.337 e. The smallest absolute Gasteiger partial charge is 0.255 e. The topological polar surface area (TPSA) is 85.2 Å². The van der Waals surface area contributed by atoms with Crippen LogP contribution < -0.4 is 5.73 Å². The van der Waals surface area contributed by atoms with Gasteiger partial charge in [0.25, 0.3) is 5.91 Å². The average molecular weight is 379 g/mol. The van der Waals surface area contributed by atoms with Crippen molar-refractivity contribution in [1.29, 1.82) is 0 Å². The lowest BCUT2D eigenvalue weighted by atomic mass is 9.99. The number of hydrogen-bond acceptors (Lipinski definition) is 6. The van der Waals surface area contributed by atoms with Crippen LogP contribution in [0.1, 0.15) is 53.8 Å². The summed E-state index contributed by atoms with van der Waals surface area (Å²) in [5.74, 6) is 2.31. The van der Waals surface area contributed by atoms with Crippen molar-refractivity contribution in [2.45, 2.75) is 37.3 Å². The van der Waals surface area contributed by atoms with Crippen LogP contribution in [0, 0.1) is 0 Å². The van der Waals surface area contributed by atoms with Gasteiger partial charge in [0.2, 0.25) is 5.89 Å². The fourth-order valence-corrected chi connectivity index (χ4v) is 4.68. The highest BCUT2D eigenvalue weighted by Gasteiger charge is 2.39. The lowest BCUT2D eigenvalue weighted by Gasteiger charge is -2.21. The minimum Gasteiger partial charge on any atom is -0.337 e. The van der Waals surface area contributed by atoms with E-state index in [1.807, 2.05) is 0 Å². The minimum absolute atomic E-state index is 0.0604. The maximum absolute atomic E-state index is 12.8. The lowest BCUT2D eigenvalue weighted by Crippen LogP contribution is -2.35. The molecule has 2 aliphatic rings. The van der Waals surface area contributed by atoms with Crippen LogP contribution >= 0.6 is 23.4 Å². The number of thioether (sulfide) groups is 1. The first-order valence-electron chi connectivity index (χ1n) is 8.34. The van der Waals surface area contributed by atoms with Gasteiger partial charge >= 0.3 is 0 Å². The Bertz CT molecular complexity index is 773. The Hall–Kier alpha value is -1.57. The summed E-state index contributed by atoms with van der Waals surface area (Å²) >= 11 is 7.58. The highest BCUT2D eigenvalue weighted by Crippen LogP contribution is 2.37. The van der Waals surface area contributed by atoms with Gasteiger partial charge in [0.15, 0.2) is 5.82 Å². The Morgan fingerprint density at radius 2 is 2.04 bits per heavy atom. The monoisotopic (exact) mass is 378 g/mol. The molecule has 6 nitrogen and oxygen atoms in total. The van der Waals surface area contributed by atoms with Crippen molar-refractivity contribution in [2.24, 2.45) is 5.73 Å². The van der Waals surface area contributed by atoms with E-state index in [-0.39, 0.29) is 11.9 Å². The van der Waals surface area contributed by atoms with Crippen molar-refractivity contribution < 1.29 is 9.32 Å². The molecule has 2 fully saturated rings. The van der Waals surface area contributed by atoms with Gasteiger partial charge in [0.1, 0.15) is 6.04 Å². The number of nitrogens with zero attached hydrogens (tertiary/aromatic N) is 3. The number of amides is 1. The lowest BCUT2D eigenvalue weighted by molar-refractivity contribution is 0.0722. The van der Waals surface area contributed by atoms with Gasteiger partial charge in [-0.05, 0) is 37.1 Å². The van der Waals surface area contributed by atoms with Crippen molar-refractivity contribution in [3.63, 3.8) is 0 Å². The van der Waals surface area contributed by atoms with E-state index in [1.54, 1.807) is 40.9 Å². The molecule has 2 heterocycles. The number of carbonyl (C=O) groups is 1. The standard InChI is InChI=1S/C17H19ClN4O2S/c18-12-5-3-11(4-6-12)15(23)22-10-25-9-13(22)14-20-16(21-24-14)17(19)7-1-2-8-17/h3-6,13H,1-2,7-10,19H2. The van der Waals surface area contributed by atoms with Gasteiger partial charge in [-0.1, -0.05) is 29.6 Å². The van der Waals surface area contributed by atoms with E-state index in [4.69, 9.17) is 21.9 Å². The van der Waals surface area contributed by atoms with Crippen LogP contribution in [-0.2, 0) is 5.54 Å². The molecule has 132 valence electrons. The summed E-state index contributed by atoms with van der Waals surface area (Å²) in [5, 5.41) is 4.72. The molecule has 25 heavy (non-hydrogen) atoms. The zero-order valence-corrected chi connectivity index (χ0v) is 15.2. The molecule has 1 unspecified atom stereocenters. The van der Waals surface area contributed by atoms with Gasteiger partial charge in [-0.25, -0.2) is 0 Å². The Morgan fingerprint density at radius 3 is 2.76 bits per heavy atom. The Kier molecular flexibility index (Phi) is 4.47. The summed E-state index contributed by atoms with van der Waals surface area (Å²) in [7, 11) is 0. The first kappa shape index (κ1) is 16.9. The van der Waals surface area contributed by atoms with Crippen LogP contribution in [0.2, 0.25) is 5.02 Å². The second-order valence-electron chi connectivity index (χ2n) is 6.62. The fourth-order valence-electron chi connectivity index (χ4n) is 3.41. The van der Waals surface area contributed by atoms with Gasteiger partial charge < -0.3 is 15.2 Å². The third kappa shape index (κ3) is 3.16. The van der Waals surface area contributed by atoms with Crippen molar-refractivity contribution in [3.05, 3.63) is 46.6 Å². The molecule has 1 amide bonds. The number of carbonyl (C=O) groups excluding carboxylic acids is 1. The third-order valence-corrected chi connectivity index (χ3v) is 6.17. The summed E-state index contributed by atoms with van der Waals surface area (Å²) in [6.07, 6.45) is 3.92. The molecular weight excluding hydrogens is 360 g/mol. The molecule has 0 bridgehead atoms. The van der Waals surface area contributed by atoms with Crippen LogP contribution in [-0.4, -0.2) is 32.6 Å². The highest BCUT2D eigenvalue weighted by molar-refractivity contribution is 7.99. The highest BCUT2D eigenvalue weighted by atomic mass is 35.5. The van der Waals surface area contributed by atoms with Gasteiger partial charge in [-0.3, -0.25) is 4.79 Å². The Labute approximate surface area is 155 Å². The average Bonchev–Trinajstić information content (AvgIpc) is 3.35. The fraction of sp³-hybridized carbons (Fsp3) is 0.471. The first-order valence-corrected chi connectivity index (χ1v) is 9.87. The molecule has 1 aliphatic carbocycles. The van der Waals surface area contributed by atoms with Gasteiger partial charge in [-0.15, -0.1) is 11.8 Å². The zero-order chi connectivity index (χ0) is 17.4. The number of nitrogens with two attached hydrogens (primary N) is 1. The molecule has 1 saturated carbocycles. The Morgan fingerprint density at radius 1 is 1.32 bits per heavy atom. The van der Waals surface area contributed by atoms with Gasteiger partial charge in [-0.2, -0.15) is 4.98 Å². The summed E-state index contributed by atoms with van der Waals surface area (Å²) in [6, 6.07) is 6.68. The van der Waals surface area contributed by atoms with Crippen LogP contribution in [0.15, 0.2) is 28.8 Å². The molecule has 1 aromatic heterocycles. The molecule has 1 aliphatic heterocycles. The molecule has 1 atom stereocenters. The van der Waals surface area contributed by atoms with E-state index < -0.39 is 5.54 Å². The molecule has 4 rings (SSSR count). The van der Waals surface area contributed by atoms with Gasteiger partial charge in [0.05, 0.1) is 11.4 Å². The van der Waals surface area contributed by atoms with E-state index in [1.165, 1.54) is 0 Å². The third-order valence-electron chi connectivity index (χ3n) is 4.90. The molecule has 8 heteroatoms. The van der Waals surface area contributed by atoms with Crippen LogP contribution in [0.4, 0.5) is 0 Å². The predicted molar refractivity (Wildman–Crippen MR) is 96.3 cm³/mol. The predicted octanol–water partition coefficient (Wildman–Crippen LogP) is 3.34. The first-order chi connectivity index (χ1) is 12.1. The number of rotatable bonds is 3. The van der Waals surface area contributed by atoms with Crippen molar-refractivity contribution in [3.8, 4) is 0 Å². The molecule has 2 aromatic rings. The normalized spacial score (nSPS) is 22.5. The van der Waals surface area contributed by atoms with E-state index in [2.05, 4.69) is 10.1 Å². The van der Waals surface area contributed by atoms with Crippen LogP contribution in [0.3, 0.4) is 0 Å². The number of benzene rings is 1. The van der Waals surface area contributed by atoms with Crippen LogP contribution in [0.5, 0.6) is 0 Å². The maximum atomic E-state index is 12.8. The Balaban J connectivity index is 1.56. The van der Waals surface area contributed by atoms with Crippen molar-refractivity contribution in [1.82, 2.24) is 15.0 Å². The molecule has 1 saturated heterocycles. The summed E-state index contributed by atoms with van der Waals surface area (Å²) in [4.78, 5) is 19.1. The van der Waals surface area contributed by atoms with Crippen molar-refractivity contribution in [2.75, 3.05) is 11.6 Å². The van der Waals surface area contributed by atoms with Crippen LogP contribution in [0.25, 0.3) is 0 Å². The zero-order valence-electron chi connectivity index (χ0n) is 13.7. The number of aromatic nitrogens is 2. The summed E-state index contributed by atoms with van der Waals surface area (Å²) in [5.41, 5.74) is 6.52. The van der Waals surface area contributed by atoms with E-state index in [9.17, 15) is 4.79 Å². The summed E-state index contributed by atoms with van der Waals surface area (Å²) < 4.78 is 5.49. The minimum atomic E-state index is -0.488. The molecular formula is C17H19ClN4O2S.